The van der Waals surface area contributed by atoms with Gasteiger partial charge >= 0.3 is 0 Å². The van der Waals surface area contributed by atoms with Crippen LogP contribution in [0.1, 0.15) is 29.3 Å². The summed E-state index contributed by atoms with van der Waals surface area (Å²) in [7, 11) is 0. The minimum absolute atomic E-state index is 0.149. The Morgan fingerprint density at radius 1 is 1.50 bits per heavy atom. The van der Waals surface area contributed by atoms with Crippen LogP contribution in [-0.2, 0) is 0 Å². The maximum Gasteiger partial charge on any atom is 0.255 e. The Kier molecular flexibility index (Phi) is 3.33. The van der Waals surface area contributed by atoms with Crippen LogP contribution < -0.4 is 0 Å². The molecule has 1 saturated heterocycles. The highest BCUT2D eigenvalue weighted by molar-refractivity contribution is 9.10. The summed E-state index contributed by atoms with van der Waals surface area (Å²) in [4.78, 5) is 14.2. The van der Waals surface area contributed by atoms with Crippen molar-refractivity contribution >= 4 is 21.8 Å². The van der Waals surface area contributed by atoms with Crippen molar-refractivity contribution in [3.8, 4) is 0 Å². The van der Waals surface area contributed by atoms with E-state index in [-0.39, 0.29) is 5.91 Å². The molecule has 0 spiro atoms. The van der Waals surface area contributed by atoms with Crippen LogP contribution in [0, 0.1) is 12.8 Å². The molecule has 0 N–H and O–H groups in total. The van der Waals surface area contributed by atoms with E-state index in [9.17, 15) is 4.79 Å². The molecule has 0 radical (unpaired) electrons. The Hall–Kier alpha value is -0.830. The fraction of sp³-hybridized carbons (Fsp3) is 0.462. The summed E-state index contributed by atoms with van der Waals surface area (Å²) < 4.78 is 0.900. The number of halogens is 1. The van der Waals surface area contributed by atoms with Crippen LogP contribution in [0.25, 0.3) is 0 Å². The lowest BCUT2D eigenvalue weighted by molar-refractivity contribution is 0.0787. The third-order valence-electron chi connectivity index (χ3n) is 3.07. The lowest BCUT2D eigenvalue weighted by Crippen LogP contribution is -2.28. The lowest BCUT2D eigenvalue weighted by atomic mass is 10.1. The second-order valence-electron chi connectivity index (χ2n) is 4.63. The first kappa shape index (κ1) is 11.6. The molecule has 2 nitrogen and oxygen atoms in total. The number of carbonyl (C=O) groups excluding carboxylic acids is 1. The SMILES string of the molecule is Cc1ccc(C(=O)N2CCC(C)C2)c(Br)c1. The molecule has 1 unspecified atom stereocenters. The number of nitrogens with zero attached hydrogens (tertiary/aromatic N) is 1. The molecule has 0 aromatic heterocycles. The predicted molar refractivity (Wildman–Crippen MR) is 68.6 cm³/mol. The maximum absolute atomic E-state index is 12.2. The zero-order valence-electron chi connectivity index (χ0n) is 9.66. The standard InChI is InChI=1S/C13H16BrNO/c1-9-3-4-11(12(14)7-9)13(16)15-6-5-10(2)8-15/h3-4,7,10H,5-6,8H2,1-2H3. The maximum atomic E-state index is 12.2. The van der Waals surface area contributed by atoms with Gasteiger partial charge in [0, 0.05) is 17.6 Å². The molecule has 0 saturated carbocycles. The second kappa shape index (κ2) is 4.58. The van der Waals surface area contributed by atoms with Gasteiger partial charge in [-0.25, -0.2) is 0 Å². The summed E-state index contributed by atoms with van der Waals surface area (Å²) in [6.45, 7) is 5.99. The minimum atomic E-state index is 0.149. The van der Waals surface area contributed by atoms with Crippen LogP contribution >= 0.6 is 15.9 Å². The highest BCUT2D eigenvalue weighted by Crippen LogP contribution is 2.23. The quantitative estimate of drug-likeness (QED) is 0.774. The van der Waals surface area contributed by atoms with Gasteiger partial charge in [0.1, 0.15) is 0 Å². The molecule has 1 aromatic carbocycles. The zero-order chi connectivity index (χ0) is 11.7. The van der Waals surface area contributed by atoms with Gasteiger partial charge in [0.05, 0.1) is 5.56 Å². The fourth-order valence-corrected chi connectivity index (χ4v) is 2.75. The molecule has 0 bridgehead atoms. The number of aryl methyl sites for hydroxylation is 1. The van der Waals surface area contributed by atoms with Crippen LogP contribution in [0.2, 0.25) is 0 Å². The number of benzene rings is 1. The summed E-state index contributed by atoms with van der Waals surface area (Å²) in [5, 5.41) is 0. The molecule has 1 amide bonds. The first-order valence-corrected chi connectivity index (χ1v) is 6.42. The van der Waals surface area contributed by atoms with E-state index in [1.807, 2.05) is 30.0 Å². The Bertz CT molecular complexity index is 416. The van der Waals surface area contributed by atoms with E-state index < -0.39 is 0 Å². The molecule has 1 aromatic rings. The lowest BCUT2D eigenvalue weighted by Gasteiger charge is -2.16. The Labute approximate surface area is 105 Å². The molecule has 86 valence electrons. The topological polar surface area (TPSA) is 20.3 Å². The number of carbonyl (C=O) groups is 1. The summed E-state index contributed by atoms with van der Waals surface area (Å²) in [5.41, 5.74) is 1.94. The molecule has 1 aliphatic rings. The third-order valence-corrected chi connectivity index (χ3v) is 3.72. The van der Waals surface area contributed by atoms with Crippen LogP contribution in [0.3, 0.4) is 0 Å². The highest BCUT2D eigenvalue weighted by atomic mass is 79.9. The molecule has 1 atom stereocenters. The van der Waals surface area contributed by atoms with Gasteiger partial charge in [-0.3, -0.25) is 4.79 Å². The normalized spacial score (nSPS) is 20.2. The molecule has 0 aliphatic carbocycles. The van der Waals surface area contributed by atoms with Gasteiger partial charge in [-0.15, -0.1) is 0 Å². The number of rotatable bonds is 1. The third kappa shape index (κ3) is 2.29. The molecule has 16 heavy (non-hydrogen) atoms. The second-order valence-corrected chi connectivity index (χ2v) is 5.48. The van der Waals surface area contributed by atoms with Crippen molar-refractivity contribution in [2.24, 2.45) is 5.92 Å². The van der Waals surface area contributed by atoms with E-state index in [2.05, 4.69) is 22.9 Å². The Balaban J connectivity index is 2.21. The van der Waals surface area contributed by atoms with E-state index in [4.69, 9.17) is 0 Å². The monoisotopic (exact) mass is 281 g/mol. The molecular weight excluding hydrogens is 266 g/mol. The highest BCUT2D eigenvalue weighted by Gasteiger charge is 2.25. The zero-order valence-corrected chi connectivity index (χ0v) is 11.3. The van der Waals surface area contributed by atoms with Crippen LogP contribution in [0.4, 0.5) is 0 Å². The molecule has 1 aliphatic heterocycles. The molecule has 2 rings (SSSR count). The fourth-order valence-electron chi connectivity index (χ4n) is 2.08. The van der Waals surface area contributed by atoms with E-state index in [1.165, 1.54) is 5.56 Å². The Morgan fingerprint density at radius 3 is 2.81 bits per heavy atom. The van der Waals surface area contributed by atoms with Gasteiger partial charge < -0.3 is 4.90 Å². The average Bonchev–Trinajstić information content (AvgIpc) is 2.64. The van der Waals surface area contributed by atoms with Crippen molar-refractivity contribution in [1.82, 2.24) is 4.90 Å². The van der Waals surface area contributed by atoms with Gasteiger partial charge in [0.25, 0.3) is 5.91 Å². The number of amides is 1. The van der Waals surface area contributed by atoms with Gasteiger partial charge in [-0.1, -0.05) is 13.0 Å². The van der Waals surface area contributed by atoms with Gasteiger partial charge in [0.15, 0.2) is 0 Å². The summed E-state index contributed by atoms with van der Waals surface area (Å²) in [5.74, 6) is 0.782. The molecular formula is C13H16BrNO. The van der Waals surface area contributed by atoms with E-state index in [1.54, 1.807) is 0 Å². The molecule has 3 heteroatoms. The molecule has 1 heterocycles. The van der Waals surface area contributed by atoms with E-state index in [0.29, 0.717) is 5.92 Å². The van der Waals surface area contributed by atoms with E-state index in [0.717, 1.165) is 29.5 Å². The first-order chi connectivity index (χ1) is 7.58. The van der Waals surface area contributed by atoms with Crippen molar-refractivity contribution in [3.05, 3.63) is 33.8 Å². The largest absolute Gasteiger partial charge is 0.338 e. The summed E-state index contributed by atoms with van der Waals surface area (Å²) >= 11 is 3.46. The number of hydrogen-bond acceptors (Lipinski definition) is 1. The molecule has 1 fully saturated rings. The first-order valence-electron chi connectivity index (χ1n) is 5.63. The summed E-state index contributed by atoms with van der Waals surface area (Å²) in [6.07, 6.45) is 1.12. The Morgan fingerprint density at radius 2 is 2.25 bits per heavy atom. The van der Waals surface area contributed by atoms with Crippen molar-refractivity contribution in [2.75, 3.05) is 13.1 Å². The van der Waals surface area contributed by atoms with Crippen molar-refractivity contribution in [3.63, 3.8) is 0 Å². The van der Waals surface area contributed by atoms with Crippen molar-refractivity contribution < 1.29 is 4.79 Å². The van der Waals surface area contributed by atoms with Gasteiger partial charge in [-0.2, -0.15) is 0 Å². The van der Waals surface area contributed by atoms with Crippen LogP contribution in [0.5, 0.6) is 0 Å². The van der Waals surface area contributed by atoms with Crippen LogP contribution in [-0.4, -0.2) is 23.9 Å². The van der Waals surface area contributed by atoms with Crippen LogP contribution in [0.15, 0.2) is 22.7 Å². The van der Waals surface area contributed by atoms with Gasteiger partial charge in [0.2, 0.25) is 0 Å². The van der Waals surface area contributed by atoms with E-state index >= 15 is 0 Å². The minimum Gasteiger partial charge on any atom is -0.338 e. The van der Waals surface area contributed by atoms with Crippen molar-refractivity contribution in [2.45, 2.75) is 20.3 Å². The average molecular weight is 282 g/mol. The van der Waals surface area contributed by atoms with Crippen molar-refractivity contribution in [1.29, 1.82) is 0 Å². The number of hydrogen-bond donors (Lipinski definition) is 0. The predicted octanol–water partition coefficient (Wildman–Crippen LogP) is 3.24. The number of likely N-dealkylation sites (tertiary alicyclic amines) is 1. The summed E-state index contributed by atoms with van der Waals surface area (Å²) in [6, 6.07) is 5.88. The smallest absolute Gasteiger partial charge is 0.255 e. The van der Waals surface area contributed by atoms with Gasteiger partial charge in [-0.05, 0) is 52.9 Å².